The summed E-state index contributed by atoms with van der Waals surface area (Å²) in [6.45, 7) is 6.73. The first-order valence-corrected chi connectivity index (χ1v) is 17.3. The summed E-state index contributed by atoms with van der Waals surface area (Å²) in [6, 6.07) is 10.0. The molecule has 3 heterocycles. The number of methoxy groups -OCH3 is 1. The maximum absolute atomic E-state index is 14.5. The number of aryl methyl sites for hydroxylation is 1. The molecule has 0 atom stereocenters. The Morgan fingerprint density at radius 3 is 2.57 bits per heavy atom. The smallest absolute Gasteiger partial charge is 0.178 e. The molecule has 3 aromatic rings. The van der Waals surface area contributed by atoms with Crippen LogP contribution in [-0.2, 0) is 21.0 Å². The van der Waals surface area contributed by atoms with E-state index < -0.39 is 15.7 Å². The van der Waals surface area contributed by atoms with E-state index in [-0.39, 0.29) is 17.2 Å². The lowest BCUT2D eigenvalue weighted by atomic mass is 9.75. The number of benzene rings is 2. The first kappa shape index (κ1) is 29.2. The number of sulfone groups is 1. The fraction of sp³-hybridized carbons (Fsp3) is 0.500. The van der Waals surface area contributed by atoms with Crippen molar-refractivity contribution in [1.82, 2.24) is 4.90 Å². The van der Waals surface area contributed by atoms with E-state index in [9.17, 15) is 12.8 Å². The van der Waals surface area contributed by atoms with Crippen molar-refractivity contribution in [3.8, 4) is 17.6 Å². The van der Waals surface area contributed by atoms with E-state index in [1.807, 2.05) is 0 Å². The normalized spacial score (nSPS) is 21.7. The topological polar surface area (TPSA) is 79.9 Å². The summed E-state index contributed by atoms with van der Waals surface area (Å²) in [4.78, 5) is 3.31. The summed E-state index contributed by atoms with van der Waals surface area (Å²) in [5.74, 6) is 5.92. The number of hydrogen-bond donors (Lipinski definition) is 2. The molecule has 0 radical (unpaired) electrons. The number of nitrogens with one attached hydrogen (secondary N) is 2. The van der Waals surface area contributed by atoms with Crippen LogP contribution in [0.15, 0.2) is 35.2 Å². The van der Waals surface area contributed by atoms with Gasteiger partial charge < -0.3 is 20.1 Å². The molecule has 1 aromatic heterocycles. The van der Waals surface area contributed by atoms with Gasteiger partial charge in [0.2, 0.25) is 0 Å². The molecule has 0 amide bonds. The third-order valence-corrected chi connectivity index (χ3v) is 11.2. The highest BCUT2D eigenvalue weighted by molar-refractivity contribution is 7.90. The summed E-state index contributed by atoms with van der Waals surface area (Å²) < 4.78 is 50.1. The minimum absolute atomic E-state index is 0.251. The highest BCUT2D eigenvalue weighted by Gasteiger charge is 2.50. The number of nitrogens with zero attached hydrogens (tertiary/aromatic N) is 1. The third kappa shape index (κ3) is 5.72. The number of halogens is 1. The molecule has 3 fully saturated rings. The molecule has 3 aliphatic rings. The van der Waals surface area contributed by atoms with Crippen molar-refractivity contribution < 1.29 is 22.3 Å². The average molecular weight is 612 g/mol. The van der Waals surface area contributed by atoms with Crippen LogP contribution < -0.4 is 15.4 Å². The number of thiophene rings is 1. The average Bonchev–Trinajstić information content (AvgIpc) is 3.28. The Bertz CT molecular complexity index is 1640. The first-order valence-electron chi connectivity index (χ1n) is 14.6. The first-order chi connectivity index (χ1) is 20.2. The fourth-order valence-corrected chi connectivity index (χ4v) is 8.56. The predicted molar refractivity (Wildman–Crippen MR) is 167 cm³/mol. The molecule has 6 rings (SSSR count). The van der Waals surface area contributed by atoms with Crippen LogP contribution in [0.5, 0.6) is 5.75 Å². The molecular formula is C32H38FN3O4S2. The summed E-state index contributed by atoms with van der Waals surface area (Å²) >= 11 is 1.72. The molecule has 2 N–H and O–H groups in total. The lowest BCUT2D eigenvalue weighted by molar-refractivity contribution is -0.200. The monoisotopic (exact) mass is 611 g/mol. The van der Waals surface area contributed by atoms with Gasteiger partial charge in [-0.25, -0.2) is 12.8 Å². The van der Waals surface area contributed by atoms with Crippen molar-refractivity contribution in [2.45, 2.75) is 56.0 Å². The number of likely N-dealkylation sites (tertiary alicyclic amines) is 1. The molecule has 2 aliphatic heterocycles. The van der Waals surface area contributed by atoms with Crippen molar-refractivity contribution in [3.63, 3.8) is 0 Å². The second kappa shape index (κ2) is 11.7. The molecule has 7 nitrogen and oxygen atoms in total. The Morgan fingerprint density at radius 1 is 1.17 bits per heavy atom. The second-order valence-electron chi connectivity index (χ2n) is 11.9. The van der Waals surface area contributed by atoms with Crippen molar-refractivity contribution in [3.05, 3.63) is 46.6 Å². The highest BCUT2D eigenvalue weighted by atomic mass is 32.2. The number of ether oxygens (including phenoxy) is 2. The molecule has 1 spiro atoms. The van der Waals surface area contributed by atoms with Gasteiger partial charge in [0, 0.05) is 49.0 Å². The van der Waals surface area contributed by atoms with Crippen molar-refractivity contribution in [2.75, 3.05) is 56.8 Å². The summed E-state index contributed by atoms with van der Waals surface area (Å²) in [6.07, 6.45) is 6.69. The Labute approximate surface area is 251 Å². The summed E-state index contributed by atoms with van der Waals surface area (Å²) in [5.41, 5.74) is 3.26. The van der Waals surface area contributed by atoms with E-state index in [0.29, 0.717) is 23.2 Å². The molecule has 1 aliphatic carbocycles. The highest BCUT2D eigenvalue weighted by Crippen LogP contribution is 2.42. The van der Waals surface area contributed by atoms with Crippen LogP contribution in [0.1, 0.15) is 43.0 Å². The Hall–Kier alpha value is -2.84. The van der Waals surface area contributed by atoms with Gasteiger partial charge in [-0.05, 0) is 49.1 Å². The number of fused-ring (bicyclic) bond motifs is 1. The molecule has 10 heteroatoms. The Balaban J connectivity index is 1.12. The summed E-state index contributed by atoms with van der Waals surface area (Å²) in [7, 11) is -2.28. The van der Waals surface area contributed by atoms with Crippen LogP contribution in [0, 0.1) is 23.1 Å². The zero-order chi connectivity index (χ0) is 29.5. The van der Waals surface area contributed by atoms with E-state index in [1.165, 1.54) is 73.3 Å². The standard InChI is InChI=1S/C32H38FN3O4S2/c1-4-23-24-7-5-8-26(35-21-10-12-22(13-11-21)36-17-32(18-36)19-40-20-32)31(24)41-29(23)9-6-14-34-27-15-25(33)30(42(3,37)38)16-28(27)39-2/h5,7-8,15-16,21-22,34-35H,4,10-14,17-20H2,1-3H3. The van der Waals surface area contributed by atoms with Crippen LogP contribution in [0.4, 0.5) is 15.8 Å². The SMILES string of the molecule is CCc1c(C#CCNc2cc(F)c(S(C)(=O)=O)cc2OC)sc2c(NC3CCC(N4CC5(COC5)C4)CC3)cccc12. The van der Waals surface area contributed by atoms with Gasteiger partial charge in [0.15, 0.2) is 9.84 Å². The Kier molecular flexibility index (Phi) is 8.13. The zero-order valence-electron chi connectivity index (χ0n) is 24.4. The molecule has 1 saturated carbocycles. The minimum Gasteiger partial charge on any atom is -0.495 e. The van der Waals surface area contributed by atoms with Crippen LogP contribution in [0.3, 0.4) is 0 Å². The molecule has 2 aromatic carbocycles. The van der Waals surface area contributed by atoms with Gasteiger partial charge >= 0.3 is 0 Å². The molecular weight excluding hydrogens is 574 g/mol. The number of hydrogen-bond acceptors (Lipinski definition) is 8. The Morgan fingerprint density at radius 2 is 1.93 bits per heavy atom. The van der Waals surface area contributed by atoms with E-state index in [1.54, 1.807) is 11.3 Å². The number of rotatable bonds is 8. The van der Waals surface area contributed by atoms with Gasteiger partial charge in [-0.15, -0.1) is 11.3 Å². The van der Waals surface area contributed by atoms with Gasteiger partial charge in [-0.3, -0.25) is 4.90 Å². The van der Waals surface area contributed by atoms with Crippen LogP contribution in [0.25, 0.3) is 10.1 Å². The van der Waals surface area contributed by atoms with Gasteiger partial charge in [0.1, 0.15) is 16.5 Å². The second-order valence-corrected chi connectivity index (χ2v) is 14.9. The minimum atomic E-state index is -3.71. The van der Waals surface area contributed by atoms with Crippen molar-refractivity contribution in [1.29, 1.82) is 0 Å². The molecule has 0 bridgehead atoms. The van der Waals surface area contributed by atoms with Crippen molar-refractivity contribution >= 4 is 42.6 Å². The van der Waals surface area contributed by atoms with E-state index in [4.69, 9.17) is 9.47 Å². The van der Waals surface area contributed by atoms with Crippen LogP contribution >= 0.6 is 11.3 Å². The quantitative estimate of drug-likeness (QED) is 0.324. The zero-order valence-corrected chi connectivity index (χ0v) is 26.0. The molecule has 42 heavy (non-hydrogen) atoms. The maximum Gasteiger partial charge on any atom is 0.178 e. The molecule has 0 unspecified atom stereocenters. The maximum atomic E-state index is 14.5. The lowest BCUT2D eigenvalue weighted by Crippen LogP contribution is -2.68. The van der Waals surface area contributed by atoms with Crippen LogP contribution in [-0.4, -0.2) is 71.6 Å². The van der Waals surface area contributed by atoms with Crippen molar-refractivity contribution in [2.24, 2.45) is 5.41 Å². The van der Waals surface area contributed by atoms with E-state index >= 15 is 0 Å². The van der Waals surface area contributed by atoms with Gasteiger partial charge in [0.05, 0.1) is 47.8 Å². The predicted octanol–water partition coefficient (Wildman–Crippen LogP) is 5.53. The van der Waals surface area contributed by atoms with E-state index in [0.717, 1.165) is 36.8 Å². The van der Waals surface area contributed by atoms with Gasteiger partial charge in [-0.2, -0.15) is 0 Å². The largest absolute Gasteiger partial charge is 0.495 e. The van der Waals surface area contributed by atoms with Gasteiger partial charge in [0.25, 0.3) is 0 Å². The molecule has 2 saturated heterocycles. The third-order valence-electron chi connectivity index (χ3n) is 8.86. The van der Waals surface area contributed by atoms with Gasteiger partial charge in [-0.1, -0.05) is 30.9 Å². The summed E-state index contributed by atoms with van der Waals surface area (Å²) in [5, 5.41) is 8.18. The van der Waals surface area contributed by atoms with E-state index in [2.05, 4.69) is 52.5 Å². The lowest BCUT2D eigenvalue weighted by Gasteiger charge is -2.58. The number of anilines is 2. The van der Waals surface area contributed by atoms with Crippen LogP contribution in [0.2, 0.25) is 0 Å². The molecule has 224 valence electrons. The fourth-order valence-electron chi connectivity index (χ4n) is 6.58.